The first kappa shape index (κ1) is 18.9. The van der Waals surface area contributed by atoms with Gasteiger partial charge in [0.2, 0.25) is 0 Å². The maximum Gasteiger partial charge on any atom is 0.253 e. The molecule has 27 heavy (non-hydrogen) atoms. The lowest BCUT2D eigenvalue weighted by Crippen LogP contribution is -2.49. The zero-order chi connectivity index (χ0) is 19.2. The van der Waals surface area contributed by atoms with Gasteiger partial charge in [-0.3, -0.25) is 9.69 Å². The van der Waals surface area contributed by atoms with E-state index in [4.69, 9.17) is 4.74 Å². The molecule has 0 saturated carbocycles. The molecule has 0 spiro atoms. The van der Waals surface area contributed by atoms with E-state index in [1.54, 1.807) is 0 Å². The number of benzene rings is 2. The Bertz CT molecular complexity index is 801. The predicted octanol–water partition coefficient (Wildman–Crippen LogP) is 3.42. The molecule has 1 saturated heterocycles. The van der Waals surface area contributed by atoms with E-state index in [1.165, 1.54) is 0 Å². The molecule has 1 atom stereocenters. The fourth-order valence-electron chi connectivity index (χ4n) is 3.34. The molecule has 2 aromatic carbocycles. The molecule has 0 aromatic heterocycles. The van der Waals surface area contributed by atoms with Crippen LogP contribution < -0.4 is 4.74 Å². The van der Waals surface area contributed by atoms with Crippen LogP contribution in [0, 0.1) is 18.3 Å². The van der Waals surface area contributed by atoms with Gasteiger partial charge in [-0.1, -0.05) is 29.8 Å². The number of hydrogen-bond acceptors (Lipinski definition) is 4. The molecule has 1 fully saturated rings. The summed E-state index contributed by atoms with van der Waals surface area (Å²) in [5.74, 6) is 0.871. The van der Waals surface area contributed by atoms with Gasteiger partial charge in [0.1, 0.15) is 11.8 Å². The average Bonchev–Trinajstić information content (AvgIpc) is 2.71. The lowest BCUT2D eigenvalue weighted by atomic mass is 10.0. The lowest BCUT2D eigenvalue weighted by molar-refractivity contribution is 0.0606. The zero-order valence-electron chi connectivity index (χ0n) is 15.9. The van der Waals surface area contributed by atoms with Crippen molar-refractivity contribution in [3.05, 3.63) is 65.2 Å². The van der Waals surface area contributed by atoms with Crippen LogP contribution in [0.1, 0.15) is 34.5 Å². The quantitative estimate of drug-likeness (QED) is 0.817. The monoisotopic (exact) mass is 363 g/mol. The number of nitriles is 1. The Labute approximate surface area is 160 Å². The van der Waals surface area contributed by atoms with Crippen molar-refractivity contribution in [2.24, 2.45) is 0 Å². The summed E-state index contributed by atoms with van der Waals surface area (Å²) >= 11 is 0. The summed E-state index contributed by atoms with van der Waals surface area (Å²) in [7, 11) is 0. The molecule has 5 nitrogen and oxygen atoms in total. The Morgan fingerprint density at radius 2 is 1.70 bits per heavy atom. The molecule has 1 aliphatic heterocycles. The molecule has 0 bridgehead atoms. The highest BCUT2D eigenvalue weighted by atomic mass is 16.5. The number of ether oxygens (including phenoxy) is 1. The second-order valence-corrected chi connectivity index (χ2v) is 6.73. The van der Waals surface area contributed by atoms with Gasteiger partial charge in [-0.05, 0) is 43.7 Å². The summed E-state index contributed by atoms with van der Waals surface area (Å²) in [5.41, 5.74) is 2.82. The summed E-state index contributed by atoms with van der Waals surface area (Å²) in [5, 5.41) is 9.68. The summed E-state index contributed by atoms with van der Waals surface area (Å²) in [6.45, 7) is 7.20. The first-order valence-corrected chi connectivity index (χ1v) is 9.34. The minimum atomic E-state index is -0.308. The maximum atomic E-state index is 12.7. The number of amides is 1. The van der Waals surface area contributed by atoms with Gasteiger partial charge < -0.3 is 9.64 Å². The van der Waals surface area contributed by atoms with Gasteiger partial charge in [-0.25, -0.2) is 0 Å². The summed E-state index contributed by atoms with van der Waals surface area (Å²) in [6, 6.07) is 17.5. The standard InChI is InChI=1S/C22H25N3O2/c1-3-27-20-10-8-18(9-11-20)21(16-23)24-12-14-25(15-13-24)22(26)19-6-4-17(2)5-7-19/h4-11,21H,3,12-15H2,1-2H3. The molecule has 5 heteroatoms. The number of hydrogen-bond donors (Lipinski definition) is 0. The Balaban J connectivity index is 1.62. The van der Waals surface area contributed by atoms with E-state index in [0.29, 0.717) is 32.8 Å². The number of carbonyl (C=O) groups excluding carboxylic acids is 1. The smallest absolute Gasteiger partial charge is 0.253 e. The highest BCUT2D eigenvalue weighted by Gasteiger charge is 2.27. The van der Waals surface area contributed by atoms with Gasteiger partial charge in [0.15, 0.2) is 0 Å². The normalized spacial score (nSPS) is 15.8. The van der Waals surface area contributed by atoms with Gasteiger partial charge in [0, 0.05) is 31.7 Å². The van der Waals surface area contributed by atoms with E-state index >= 15 is 0 Å². The Morgan fingerprint density at radius 3 is 2.26 bits per heavy atom. The van der Waals surface area contributed by atoms with Gasteiger partial charge in [0.05, 0.1) is 12.7 Å². The number of aryl methyl sites for hydroxylation is 1. The van der Waals surface area contributed by atoms with E-state index in [9.17, 15) is 10.1 Å². The Hall–Kier alpha value is -2.84. The van der Waals surface area contributed by atoms with Gasteiger partial charge in [0.25, 0.3) is 5.91 Å². The number of carbonyl (C=O) groups is 1. The molecule has 2 aromatic rings. The van der Waals surface area contributed by atoms with Crippen molar-refractivity contribution < 1.29 is 9.53 Å². The molecule has 0 N–H and O–H groups in total. The van der Waals surface area contributed by atoms with Crippen molar-refractivity contribution in [3.8, 4) is 11.8 Å². The maximum absolute atomic E-state index is 12.7. The molecule has 0 radical (unpaired) electrons. The number of rotatable bonds is 5. The molecule has 0 aliphatic carbocycles. The van der Waals surface area contributed by atoms with Crippen LogP contribution >= 0.6 is 0 Å². The average molecular weight is 363 g/mol. The van der Waals surface area contributed by atoms with E-state index in [1.807, 2.05) is 67.3 Å². The van der Waals surface area contributed by atoms with Crippen molar-refractivity contribution in [1.82, 2.24) is 9.80 Å². The first-order valence-electron chi connectivity index (χ1n) is 9.34. The molecule has 1 unspecified atom stereocenters. The first-order chi connectivity index (χ1) is 13.1. The summed E-state index contributed by atoms with van der Waals surface area (Å²) < 4.78 is 5.47. The minimum absolute atomic E-state index is 0.0595. The third kappa shape index (κ3) is 4.47. The van der Waals surface area contributed by atoms with Crippen LogP contribution in [0.5, 0.6) is 5.75 Å². The number of piperazine rings is 1. The highest BCUT2D eigenvalue weighted by Crippen LogP contribution is 2.24. The van der Waals surface area contributed by atoms with E-state index in [0.717, 1.165) is 22.4 Å². The van der Waals surface area contributed by atoms with Crippen LogP contribution in [0.15, 0.2) is 48.5 Å². The molecule has 140 valence electrons. The zero-order valence-corrected chi connectivity index (χ0v) is 15.9. The summed E-state index contributed by atoms with van der Waals surface area (Å²) in [4.78, 5) is 16.7. The molecule has 1 amide bonds. The largest absolute Gasteiger partial charge is 0.494 e. The predicted molar refractivity (Wildman–Crippen MR) is 105 cm³/mol. The fraction of sp³-hybridized carbons (Fsp3) is 0.364. The van der Waals surface area contributed by atoms with Gasteiger partial charge in [-0.15, -0.1) is 0 Å². The van der Waals surface area contributed by atoms with Gasteiger partial charge >= 0.3 is 0 Å². The Morgan fingerprint density at radius 1 is 1.07 bits per heavy atom. The van der Waals surface area contributed by atoms with E-state index in [-0.39, 0.29) is 11.9 Å². The summed E-state index contributed by atoms with van der Waals surface area (Å²) in [6.07, 6.45) is 0. The third-order valence-electron chi connectivity index (χ3n) is 4.89. The van der Waals surface area contributed by atoms with E-state index in [2.05, 4.69) is 11.0 Å². The van der Waals surface area contributed by atoms with E-state index < -0.39 is 0 Å². The number of nitrogens with zero attached hydrogens (tertiary/aromatic N) is 3. The minimum Gasteiger partial charge on any atom is -0.494 e. The van der Waals surface area contributed by atoms with Crippen molar-refractivity contribution in [3.63, 3.8) is 0 Å². The van der Waals surface area contributed by atoms with Crippen LogP contribution in [0.2, 0.25) is 0 Å². The van der Waals surface area contributed by atoms with Crippen molar-refractivity contribution >= 4 is 5.91 Å². The van der Waals surface area contributed by atoms with Crippen molar-refractivity contribution in [1.29, 1.82) is 5.26 Å². The SMILES string of the molecule is CCOc1ccc(C(C#N)N2CCN(C(=O)c3ccc(C)cc3)CC2)cc1. The second-order valence-electron chi connectivity index (χ2n) is 6.73. The fourth-order valence-corrected chi connectivity index (χ4v) is 3.34. The Kier molecular flexibility index (Phi) is 6.10. The van der Waals surface area contributed by atoms with Crippen molar-refractivity contribution in [2.45, 2.75) is 19.9 Å². The van der Waals surface area contributed by atoms with Crippen LogP contribution in [0.3, 0.4) is 0 Å². The molecular weight excluding hydrogens is 338 g/mol. The lowest BCUT2D eigenvalue weighted by Gasteiger charge is -2.37. The van der Waals surface area contributed by atoms with Gasteiger partial charge in [-0.2, -0.15) is 5.26 Å². The molecule has 1 heterocycles. The molecule has 3 rings (SSSR count). The molecule has 1 aliphatic rings. The highest BCUT2D eigenvalue weighted by molar-refractivity contribution is 5.94. The van der Waals surface area contributed by atoms with Crippen LogP contribution in [0.4, 0.5) is 0 Å². The van der Waals surface area contributed by atoms with Crippen LogP contribution in [0.25, 0.3) is 0 Å². The van der Waals surface area contributed by atoms with Crippen LogP contribution in [-0.4, -0.2) is 48.5 Å². The third-order valence-corrected chi connectivity index (χ3v) is 4.89. The topological polar surface area (TPSA) is 56.6 Å². The van der Waals surface area contributed by atoms with Crippen molar-refractivity contribution in [2.75, 3.05) is 32.8 Å². The molecular formula is C22H25N3O2. The second kappa shape index (κ2) is 8.70. The van der Waals surface area contributed by atoms with Crippen LogP contribution in [-0.2, 0) is 0 Å².